The molecule has 1 aromatic rings. The first-order valence-electron chi connectivity index (χ1n) is 7.19. The van der Waals surface area contributed by atoms with Gasteiger partial charge in [-0.05, 0) is 38.6 Å². The number of carbonyl (C=O) groups is 1. The fraction of sp³-hybridized carbons (Fsp3) is 0.562. The lowest BCUT2D eigenvalue weighted by Gasteiger charge is -2.30. The number of hydrogen-bond donors (Lipinski definition) is 0. The van der Waals surface area contributed by atoms with Crippen LogP contribution < -0.4 is 0 Å². The van der Waals surface area contributed by atoms with E-state index in [4.69, 9.17) is 4.74 Å². The Bertz CT molecular complexity index is 452. The van der Waals surface area contributed by atoms with E-state index >= 15 is 0 Å². The average molecular weight is 276 g/mol. The molecule has 4 nitrogen and oxygen atoms in total. The summed E-state index contributed by atoms with van der Waals surface area (Å²) >= 11 is 0. The Balaban J connectivity index is 2.24. The molecule has 2 rings (SSSR count). The van der Waals surface area contributed by atoms with Gasteiger partial charge in [0.1, 0.15) is 6.04 Å². The van der Waals surface area contributed by atoms with Crippen LogP contribution in [0, 0.1) is 6.92 Å². The number of amides is 1. The largest absolute Gasteiger partial charge is 0.380 e. The van der Waals surface area contributed by atoms with Gasteiger partial charge in [-0.3, -0.25) is 9.69 Å². The van der Waals surface area contributed by atoms with Crippen molar-refractivity contribution in [1.29, 1.82) is 0 Å². The van der Waals surface area contributed by atoms with E-state index in [0.717, 1.165) is 30.7 Å². The summed E-state index contributed by atoms with van der Waals surface area (Å²) in [5, 5.41) is 0. The van der Waals surface area contributed by atoms with Crippen molar-refractivity contribution in [3.8, 4) is 0 Å². The minimum atomic E-state index is -0.214. The van der Waals surface area contributed by atoms with Gasteiger partial charge in [-0.25, -0.2) is 0 Å². The van der Waals surface area contributed by atoms with Crippen molar-refractivity contribution in [2.45, 2.75) is 19.4 Å². The summed E-state index contributed by atoms with van der Waals surface area (Å²) in [6.45, 7) is 4.93. The summed E-state index contributed by atoms with van der Waals surface area (Å²) in [5.74, 6) is 0.176. The summed E-state index contributed by atoms with van der Waals surface area (Å²) < 4.78 is 5.44. The van der Waals surface area contributed by atoms with Crippen LogP contribution in [0.15, 0.2) is 24.3 Å². The van der Waals surface area contributed by atoms with Crippen molar-refractivity contribution >= 4 is 5.91 Å². The molecule has 1 atom stereocenters. The lowest BCUT2D eigenvalue weighted by molar-refractivity contribution is -0.136. The van der Waals surface area contributed by atoms with Gasteiger partial charge in [0.2, 0.25) is 5.91 Å². The van der Waals surface area contributed by atoms with Crippen molar-refractivity contribution in [1.82, 2.24) is 9.80 Å². The highest BCUT2D eigenvalue weighted by molar-refractivity contribution is 5.83. The van der Waals surface area contributed by atoms with Gasteiger partial charge in [0.25, 0.3) is 0 Å². The molecule has 1 amide bonds. The second-order valence-corrected chi connectivity index (χ2v) is 5.51. The van der Waals surface area contributed by atoms with Crippen molar-refractivity contribution < 1.29 is 9.53 Å². The van der Waals surface area contributed by atoms with Crippen molar-refractivity contribution in [3.05, 3.63) is 35.4 Å². The summed E-state index contributed by atoms with van der Waals surface area (Å²) in [6, 6.07) is 7.90. The Morgan fingerprint density at radius 3 is 2.70 bits per heavy atom. The quantitative estimate of drug-likeness (QED) is 0.844. The van der Waals surface area contributed by atoms with Gasteiger partial charge in [0.15, 0.2) is 0 Å². The van der Waals surface area contributed by atoms with E-state index in [1.54, 1.807) is 0 Å². The van der Waals surface area contributed by atoms with Gasteiger partial charge >= 0.3 is 0 Å². The van der Waals surface area contributed by atoms with E-state index in [1.807, 2.05) is 42.1 Å². The predicted molar refractivity (Wildman–Crippen MR) is 79.6 cm³/mol. The summed E-state index contributed by atoms with van der Waals surface area (Å²) in [4.78, 5) is 16.8. The molecule has 1 aliphatic heterocycles. The van der Waals surface area contributed by atoms with Crippen molar-refractivity contribution in [2.24, 2.45) is 0 Å². The van der Waals surface area contributed by atoms with E-state index in [2.05, 4.69) is 13.0 Å². The van der Waals surface area contributed by atoms with E-state index in [0.29, 0.717) is 13.2 Å². The third-order valence-electron chi connectivity index (χ3n) is 3.77. The first-order chi connectivity index (χ1) is 9.61. The molecule has 0 N–H and O–H groups in total. The number of aryl methyl sites for hydroxylation is 1. The minimum absolute atomic E-state index is 0.176. The fourth-order valence-electron chi connectivity index (χ4n) is 2.67. The average Bonchev–Trinajstić information content (AvgIpc) is 2.69. The molecule has 0 radical (unpaired) electrons. The Morgan fingerprint density at radius 1 is 1.25 bits per heavy atom. The zero-order valence-corrected chi connectivity index (χ0v) is 12.6. The van der Waals surface area contributed by atoms with Gasteiger partial charge in [0, 0.05) is 19.7 Å². The highest BCUT2D eigenvalue weighted by Crippen LogP contribution is 2.24. The van der Waals surface area contributed by atoms with Gasteiger partial charge in [-0.1, -0.05) is 24.3 Å². The molecule has 0 bridgehead atoms. The second kappa shape index (κ2) is 6.86. The van der Waals surface area contributed by atoms with E-state index in [9.17, 15) is 4.79 Å². The highest BCUT2D eigenvalue weighted by Gasteiger charge is 2.29. The Morgan fingerprint density at radius 2 is 2.00 bits per heavy atom. The molecule has 1 saturated heterocycles. The van der Waals surface area contributed by atoms with Crippen LogP contribution in [0.25, 0.3) is 0 Å². The highest BCUT2D eigenvalue weighted by atomic mass is 16.5. The Labute approximate surface area is 121 Å². The molecule has 0 spiro atoms. The number of rotatable bonds is 3. The Hall–Kier alpha value is -1.39. The lowest BCUT2D eigenvalue weighted by atomic mass is 9.99. The van der Waals surface area contributed by atoms with Crippen LogP contribution in [0.4, 0.5) is 0 Å². The molecule has 1 aromatic carbocycles. The molecule has 1 aliphatic rings. The van der Waals surface area contributed by atoms with Crippen molar-refractivity contribution in [3.63, 3.8) is 0 Å². The standard InChI is InChI=1S/C16H24N2O2/c1-13-7-4-5-8-14(13)15(17(2)3)16(19)18-9-6-11-20-12-10-18/h4-5,7-8,15H,6,9-12H2,1-3H3. The van der Waals surface area contributed by atoms with Crippen molar-refractivity contribution in [2.75, 3.05) is 40.4 Å². The maximum Gasteiger partial charge on any atom is 0.244 e. The SMILES string of the molecule is Cc1ccccc1C(C(=O)N1CCCOCC1)N(C)C. The molecule has 110 valence electrons. The fourth-order valence-corrected chi connectivity index (χ4v) is 2.67. The first kappa shape index (κ1) is 15.0. The van der Waals surface area contributed by atoms with E-state index in [1.165, 1.54) is 0 Å². The third-order valence-corrected chi connectivity index (χ3v) is 3.77. The topological polar surface area (TPSA) is 32.8 Å². The molecule has 4 heteroatoms. The van der Waals surface area contributed by atoms with Gasteiger partial charge in [-0.2, -0.15) is 0 Å². The second-order valence-electron chi connectivity index (χ2n) is 5.51. The first-order valence-corrected chi connectivity index (χ1v) is 7.19. The summed E-state index contributed by atoms with van der Waals surface area (Å²) in [7, 11) is 3.92. The molecule has 0 aromatic heterocycles. The number of ether oxygens (including phenoxy) is 1. The van der Waals surface area contributed by atoms with E-state index in [-0.39, 0.29) is 11.9 Å². The van der Waals surface area contributed by atoms with Gasteiger partial charge in [0.05, 0.1) is 6.61 Å². The molecule has 0 saturated carbocycles. The zero-order valence-electron chi connectivity index (χ0n) is 12.6. The maximum atomic E-state index is 12.9. The van der Waals surface area contributed by atoms with Crippen LogP contribution in [0.2, 0.25) is 0 Å². The van der Waals surface area contributed by atoms with Gasteiger partial charge < -0.3 is 9.64 Å². The number of hydrogen-bond acceptors (Lipinski definition) is 3. The molecular weight excluding hydrogens is 252 g/mol. The minimum Gasteiger partial charge on any atom is -0.380 e. The Kier molecular flexibility index (Phi) is 5.15. The zero-order chi connectivity index (χ0) is 14.5. The lowest BCUT2D eigenvalue weighted by Crippen LogP contribution is -2.42. The normalized spacial score (nSPS) is 17.9. The van der Waals surface area contributed by atoms with Crippen LogP contribution in [0.5, 0.6) is 0 Å². The van der Waals surface area contributed by atoms with E-state index < -0.39 is 0 Å². The molecule has 0 aliphatic carbocycles. The van der Waals surface area contributed by atoms with Crippen LogP contribution >= 0.6 is 0 Å². The molecule has 1 unspecified atom stereocenters. The van der Waals surface area contributed by atoms with Crippen LogP contribution in [-0.2, 0) is 9.53 Å². The number of carbonyl (C=O) groups excluding carboxylic acids is 1. The van der Waals surface area contributed by atoms with Crippen LogP contribution in [-0.4, -0.2) is 56.1 Å². The number of likely N-dealkylation sites (N-methyl/N-ethyl adjacent to an activating group) is 1. The van der Waals surface area contributed by atoms with Crippen LogP contribution in [0.1, 0.15) is 23.6 Å². The smallest absolute Gasteiger partial charge is 0.244 e. The number of nitrogens with zero attached hydrogens (tertiary/aromatic N) is 2. The summed E-state index contributed by atoms with van der Waals surface area (Å²) in [6.07, 6.45) is 0.916. The number of benzene rings is 1. The molecule has 1 fully saturated rings. The molecule has 1 heterocycles. The van der Waals surface area contributed by atoms with Crippen LogP contribution in [0.3, 0.4) is 0 Å². The molecular formula is C16H24N2O2. The molecule has 20 heavy (non-hydrogen) atoms. The van der Waals surface area contributed by atoms with Gasteiger partial charge in [-0.15, -0.1) is 0 Å². The maximum absolute atomic E-state index is 12.9. The monoisotopic (exact) mass is 276 g/mol. The summed E-state index contributed by atoms with van der Waals surface area (Å²) in [5.41, 5.74) is 2.25. The predicted octanol–water partition coefficient (Wildman–Crippen LogP) is 1.85. The third kappa shape index (κ3) is 3.38.